The van der Waals surface area contributed by atoms with Crippen LogP contribution >= 0.6 is 0 Å². The Hall–Kier alpha value is -1.04. The summed E-state index contributed by atoms with van der Waals surface area (Å²) in [6, 6.07) is 0. The van der Waals surface area contributed by atoms with Gasteiger partial charge in [-0.3, -0.25) is 9.59 Å². The Labute approximate surface area is 143 Å². The molecule has 0 aromatic carbocycles. The van der Waals surface area contributed by atoms with Crippen molar-refractivity contribution in [1.82, 2.24) is 0 Å². The van der Waals surface area contributed by atoms with Crippen LogP contribution in [0.4, 0.5) is 0 Å². The van der Waals surface area contributed by atoms with E-state index in [2.05, 4.69) is 0 Å². The number of methoxy groups -OCH3 is 1. The van der Waals surface area contributed by atoms with Crippen molar-refractivity contribution in [2.24, 2.45) is 16.7 Å². The summed E-state index contributed by atoms with van der Waals surface area (Å²) in [5, 5.41) is 0. The zero-order chi connectivity index (χ0) is 17.8. The van der Waals surface area contributed by atoms with Crippen LogP contribution in [0.15, 0.2) is 11.6 Å². The standard InChI is InChI=1S/C19H28O5/c1-17(2)15(20)13-11-14(12-9-7-6-8-10-12)23-24-19(13,22-5)18(3,4)16(17)21/h11-12,14H,6-10H2,1-5H3. The molecule has 2 atom stereocenters. The van der Waals surface area contributed by atoms with Crippen LogP contribution in [0.1, 0.15) is 59.8 Å². The topological polar surface area (TPSA) is 61.8 Å². The van der Waals surface area contributed by atoms with Gasteiger partial charge in [0.25, 0.3) is 0 Å². The molecule has 24 heavy (non-hydrogen) atoms. The molecule has 2 aliphatic carbocycles. The van der Waals surface area contributed by atoms with Gasteiger partial charge in [0.1, 0.15) is 6.10 Å². The molecule has 1 aliphatic heterocycles. The second-order valence-electron chi connectivity index (χ2n) is 8.35. The molecule has 0 aromatic rings. The third-order valence-electron chi connectivity index (χ3n) is 6.13. The second-order valence-corrected chi connectivity index (χ2v) is 8.35. The maximum Gasteiger partial charge on any atom is 0.242 e. The molecule has 2 fully saturated rings. The first kappa shape index (κ1) is 17.8. The highest BCUT2D eigenvalue weighted by Crippen LogP contribution is 2.54. The summed E-state index contributed by atoms with van der Waals surface area (Å²) < 4.78 is 5.61. The van der Waals surface area contributed by atoms with Crippen LogP contribution in [0, 0.1) is 16.7 Å². The molecule has 0 amide bonds. The van der Waals surface area contributed by atoms with Crippen molar-refractivity contribution in [1.29, 1.82) is 0 Å². The highest BCUT2D eigenvalue weighted by atomic mass is 17.2. The number of hydrogen-bond acceptors (Lipinski definition) is 5. The van der Waals surface area contributed by atoms with E-state index in [-0.39, 0.29) is 17.7 Å². The number of carbonyl (C=O) groups is 2. The molecular formula is C19H28O5. The number of hydrogen-bond donors (Lipinski definition) is 0. The molecule has 3 rings (SSSR count). The molecule has 0 N–H and O–H groups in total. The average molecular weight is 336 g/mol. The van der Waals surface area contributed by atoms with Gasteiger partial charge in [-0.15, -0.1) is 0 Å². The van der Waals surface area contributed by atoms with Crippen molar-refractivity contribution in [3.63, 3.8) is 0 Å². The van der Waals surface area contributed by atoms with Crippen molar-refractivity contribution in [2.75, 3.05) is 7.11 Å². The van der Waals surface area contributed by atoms with Gasteiger partial charge in [-0.05, 0) is 52.5 Å². The molecule has 0 saturated heterocycles. The van der Waals surface area contributed by atoms with Crippen LogP contribution < -0.4 is 0 Å². The Balaban J connectivity index is 2.06. The van der Waals surface area contributed by atoms with Crippen molar-refractivity contribution in [3.8, 4) is 0 Å². The predicted octanol–water partition coefficient (Wildman–Crippen LogP) is 3.37. The van der Waals surface area contributed by atoms with Gasteiger partial charge in [0.05, 0.1) is 16.4 Å². The van der Waals surface area contributed by atoms with Gasteiger partial charge in [0, 0.05) is 7.11 Å². The molecular weight excluding hydrogens is 308 g/mol. The van der Waals surface area contributed by atoms with Gasteiger partial charge in [-0.25, -0.2) is 4.89 Å². The van der Waals surface area contributed by atoms with Crippen molar-refractivity contribution in [3.05, 3.63) is 11.6 Å². The smallest absolute Gasteiger partial charge is 0.242 e. The molecule has 1 heterocycles. The lowest BCUT2D eigenvalue weighted by molar-refractivity contribution is -0.455. The Morgan fingerprint density at radius 2 is 1.71 bits per heavy atom. The number of carbonyl (C=O) groups excluding carboxylic acids is 2. The van der Waals surface area contributed by atoms with E-state index in [0.717, 1.165) is 12.8 Å². The van der Waals surface area contributed by atoms with E-state index in [9.17, 15) is 9.59 Å². The van der Waals surface area contributed by atoms with Gasteiger partial charge in [-0.1, -0.05) is 19.3 Å². The number of ketones is 2. The van der Waals surface area contributed by atoms with E-state index in [1.54, 1.807) is 27.7 Å². The first-order valence-corrected chi connectivity index (χ1v) is 8.90. The fourth-order valence-electron chi connectivity index (χ4n) is 4.58. The molecule has 0 bridgehead atoms. The van der Waals surface area contributed by atoms with E-state index >= 15 is 0 Å². The summed E-state index contributed by atoms with van der Waals surface area (Å²) in [6.45, 7) is 6.88. The fourth-order valence-corrected chi connectivity index (χ4v) is 4.58. The SMILES string of the molecule is COC12OOC(C3CCCCC3)C=C1C(=O)C(C)(C)C(=O)C2(C)C. The maximum absolute atomic E-state index is 13.1. The van der Waals surface area contributed by atoms with Gasteiger partial charge in [0.2, 0.25) is 5.79 Å². The summed E-state index contributed by atoms with van der Waals surface area (Å²) in [4.78, 5) is 37.4. The van der Waals surface area contributed by atoms with Crippen LogP contribution in [0.3, 0.4) is 0 Å². The summed E-state index contributed by atoms with van der Waals surface area (Å²) in [7, 11) is 1.46. The van der Waals surface area contributed by atoms with Gasteiger partial charge in [-0.2, -0.15) is 4.89 Å². The minimum Gasteiger partial charge on any atom is -0.346 e. The maximum atomic E-state index is 13.1. The van der Waals surface area contributed by atoms with Crippen LogP contribution in [0.2, 0.25) is 0 Å². The van der Waals surface area contributed by atoms with E-state index in [1.807, 2.05) is 6.08 Å². The number of ether oxygens (including phenoxy) is 1. The number of fused-ring (bicyclic) bond motifs is 1. The van der Waals surface area contributed by atoms with E-state index < -0.39 is 16.6 Å². The largest absolute Gasteiger partial charge is 0.346 e. The molecule has 0 spiro atoms. The highest BCUT2D eigenvalue weighted by Gasteiger charge is 2.68. The zero-order valence-electron chi connectivity index (χ0n) is 15.3. The molecule has 134 valence electrons. The molecule has 0 aromatic heterocycles. The van der Waals surface area contributed by atoms with Crippen LogP contribution in [-0.4, -0.2) is 30.6 Å². The lowest BCUT2D eigenvalue weighted by Gasteiger charge is -2.53. The van der Waals surface area contributed by atoms with Crippen molar-refractivity contribution >= 4 is 11.6 Å². The van der Waals surface area contributed by atoms with E-state index in [4.69, 9.17) is 14.5 Å². The monoisotopic (exact) mass is 336 g/mol. The molecule has 5 heteroatoms. The molecule has 2 saturated carbocycles. The van der Waals surface area contributed by atoms with Gasteiger partial charge >= 0.3 is 0 Å². The number of rotatable bonds is 2. The Morgan fingerprint density at radius 1 is 1.08 bits per heavy atom. The van der Waals surface area contributed by atoms with Crippen LogP contribution in [0.5, 0.6) is 0 Å². The average Bonchev–Trinajstić information content (AvgIpc) is 2.59. The summed E-state index contributed by atoms with van der Waals surface area (Å²) in [6.07, 6.45) is 7.33. The van der Waals surface area contributed by atoms with Crippen LogP contribution in [0.25, 0.3) is 0 Å². The van der Waals surface area contributed by atoms with E-state index in [0.29, 0.717) is 11.5 Å². The summed E-state index contributed by atoms with van der Waals surface area (Å²) >= 11 is 0. The zero-order valence-corrected chi connectivity index (χ0v) is 15.3. The quantitative estimate of drug-likeness (QED) is 0.571. The highest BCUT2D eigenvalue weighted by molar-refractivity contribution is 6.19. The van der Waals surface area contributed by atoms with E-state index in [1.165, 1.54) is 26.4 Å². The first-order chi connectivity index (χ1) is 11.2. The summed E-state index contributed by atoms with van der Waals surface area (Å²) in [5.41, 5.74) is -1.68. The fraction of sp³-hybridized carbons (Fsp3) is 0.789. The Kier molecular flexibility index (Phi) is 4.26. The minimum absolute atomic E-state index is 0.196. The van der Waals surface area contributed by atoms with Crippen LogP contribution in [-0.2, 0) is 24.1 Å². The Morgan fingerprint density at radius 3 is 2.29 bits per heavy atom. The normalized spacial score (nSPS) is 36.2. The lowest BCUT2D eigenvalue weighted by Crippen LogP contribution is -2.66. The van der Waals surface area contributed by atoms with Gasteiger partial charge in [0.15, 0.2) is 11.6 Å². The van der Waals surface area contributed by atoms with Crippen molar-refractivity contribution in [2.45, 2.75) is 71.7 Å². The first-order valence-electron chi connectivity index (χ1n) is 8.90. The van der Waals surface area contributed by atoms with Gasteiger partial charge < -0.3 is 4.74 Å². The molecule has 5 nitrogen and oxygen atoms in total. The Bertz CT molecular complexity index is 583. The minimum atomic E-state index is -1.47. The molecule has 3 aliphatic rings. The second kappa shape index (κ2) is 5.75. The third kappa shape index (κ3) is 2.25. The lowest BCUT2D eigenvalue weighted by atomic mass is 9.57. The molecule has 2 unspecified atom stereocenters. The third-order valence-corrected chi connectivity index (χ3v) is 6.13. The van der Waals surface area contributed by atoms with Crippen molar-refractivity contribution < 1.29 is 24.1 Å². The number of Topliss-reactive ketones (excluding diaryl/α,β-unsaturated/α-hetero) is 2. The summed E-state index contributed by atoms with van der Waals surface area (Å²) in [5.74, 6) is -1.55. The molecule has 0 radical (unpaired) electrons. The predicted molar refractivity (Wildman–Crippen MR) is 87.9 cm³/mol.